The lowest BCUT2D eigenvalue weighted by Gasteiger charge is -2.16. The van der Waals surface area contributed by atoms with Crippen LogP contribution in [0.2, 0.25) is 0 Å². The molecule has 1 amide bonds. The predicted molar refractivity (Wildman–Crippen MR) is 112 cm³/mol. The largest absolute Gasteiger partial charge is 0.490 e. The summed E-state index contributed by atoms with van der Waals surface area (Å²) in [6.45, 7) is 3.31. The summed E-state index contributed by atoms with van der Waals surface area (Å²) in [7, 11) is 2.02. The lowest BCUT2D eigenvalue weighted by Crippen LogP contribution is -2.26. The number of carbonyl (C=O) groups is 1. The molecule has 0 radical (unpaired) electrons. The summed E-state index contributed by atoms with van der Waals surface area (Å²) in [5.41, 5.74) is 3.13. The minimum absolute atomic E-state index is 0.0448. The van der Waals surface area contributed by atoms with Gasteiger partial charge in [0.05, 0.1) is 30.3 Å². The van der Waals surface area contributed by atoms with Gasteiger partial charge in [-0.1, -0.05) is 18.2 Å². The first-order chi connectivity index (χ1) is 14.1. The number of hydrogen-bond acceptors (Lipinski definition) is 4. The number of nitrogens with zero attached hydrogens (tertiary/aromatic N) is 2. The van der Waals surface area contributed by atoms with Crippen LogP contribution >= 0.6 is 0 Å². The normalized spacial score (nSPS) is 14.4. The summed E-state index contributed by atoms with van der Waals surface area (Å²) >= 11 is 0. The standard InChI is InChI=1S/C23H27N3O3/c1-16(17-11-12-20-21(15-17)29-14-6-13-28-20)24-23(27)10-5-9-22-25-18-7-3-4-8-19(18)26(22)2/h3-4,7-8,11-12,15-16H,5-6,9-10,13-14H2,1-2H3,(H,24,27). The van der Waals surface area contributed by atoms with Crippen molar-refractivity contribution in [1.82, 2.24) is 14.9 Å². The van der Waals surface area contributed by atoms with Crippen molar-refractivity contribution in [1.29, 1.82) is 0 Å². The van der Waals surface area contributed by atoms with Crippen LogP contribution in [-0.4, -0.2) is 28.7 Å². The van der Waals surface area contributed by atoms with Gasteiger partial charge in [-0.25, -0.2) is 4.98 Å². The Hall–Kier alpha value is -3.02. The number of ether oxygens (including phenoxy) is 2. The quantitative estimate of drug-likeness (QED) is 0.689. The van der Waals surface area contributed by atoms with Crippen molar-refractivity contribution in [2.24, 2.45) is 7.05 Å². The van der Waals surface area contributed by atoms with E-state index in [-0.39, 0.29) is 11.9 Å². The van der Waals surface area contributed by atoms with Crippen molar-refractivity contribution >= 4 is 16.9 Å². The van der Waals surface area contributed by atoms with Gasteiger partial charge in [0.25, 0.3) is 0 Å². The van der Waals surface area contributed by atoms with Gasteiger partial charge >= 0.3 is 0 Å². The van der Waals surface area contributed by atoms with E-state index in [0.29, 0.717) is 19.6 Å². The Balaban J connectivity index is 1.31. The summed E-state index contributed by atoms with van der Waals surface area (Å²) in [5, 5.41) is 3.08. The molecule has 0 bridgehead atoms. The highest BCUT2D eigenvalue weighted by molar-refractivity contribution is 5.77. The van der Waals surface area contributed by atoms with E-state index >= 15 is 0 Å². The summed E-state index contributed by atoms with van der Waals surface area (Å²) in [6.07, 6.45) is 2.88. The molecule has 1 atom stereocenters. The molecule has 1 unspecified atom stereocenters. The molecular formula is C23H27N3O3. The van der Waals surface area contributed by atoms with Crippen molar-refractivity contribution in [3.63, 3.8) is 0 Å². The Morgan fingerprint density at radius 1 is 1.17 bits per heavy atom. The SMILES string of the molecule is CC(NC(=O)CCCc1nc2ccccc2n1C)c1ccc2c(c1)OCCCO2. The molecule has 6 heteroatoms. The first-order valence-corrected chi connectivity index (χ1v) is 10.2. The van der Waals surface area contributed by atoms with Gasteiger partial charge in [-0.2, -0.15) is 0 Å². The molecule has 3 aromatic rings. The Labute approximate surface area is 170 Å². The van der Waals surface area contributed by atoms with Crippen molar-refractivity contribution in [3.05, 3.63) is 53.9 Å². The molecule has 0 saturated heterocycles. The third kappa shape index (κ3) is 4.36. The van der Waals surface area contributed by atoms with E-state index in [2.05, 4.69) is 20.9 Å². The number of imidazole rings is 1. The molecule has 152 valence electrons. The van der Waals surface area contributed by atoms with E-state index in [1.54, 1.807) is 0 Å². The summed E-state index contributed by atoms with van der Waals surface area (Å²) in [5.74, 6) is 2.58. The van der Waals surface area contributed by atoms with Crippen LogP contribution in [0.4, 0.5) is 0 Å². The molecule has 0 saturated carbocycles. The molecule has 0 spiro atoms. The van der Waals surface area contributed by atoms with Crippen LogP contribution in [0.3, 0.4) is 0 Å². The first kappa shape index (κ1) is 19.3. The third-order valence-corrected chi connectivity index (χ3v) is 5.33. The van der Waals surface area contributed by atoms with Gasteiger partial charge in [-0.3, -0.25) is 4.79 Å². The minimum Gasteiger partial charge on any atom is -0.490 e. The lowest BCUT2D eigenvalue weighted by molar-refractivity contribution is -0.121. The Bertz CT molecular complexity index is 1010. The Morgan fingerprint density at radius 2 is 1.97 bits per heavy atom. The van der Waals surface area contributed by atoms with Crippen LogP contribution in [0.15, 0.2) is 42.5 Å². The molecule has 1 aromatic heterocycles. The third-order valence-electron chi connectivity index (χ3n) is 5.33. The molecule has 2 heterocycles. The van der Waals surface area contributed by atoms with Gasteiger partial charge in [0.2, 0.25) is 5.91 Å². The average molecular weight is 393 g/mol. The van der Waals surface area contributed by atoms with Crippen molar-refractivity contribution < 1.29 is 14.3 Å². The van der Waals surface area contributed by atoms with Gasteiger partial charge in [-0.05, 0) is 43.2 Å². The highest BCUT2D eigenvalue weighted by Gasteiger charge is 2.15. The smallest absolute Gasteiger partial charge is 0.220 e. The molecule has 2 aromatic carbocycles. The van der Waals surface area contributed by atoms with Crippen molar-refractivity contribution in [2.45, 2.75) is 38.6 Å². The van der Waals surface area contributed by atoms with Crippen LogP contribution in [-0.2, 0) is 18.3 Å². The predicted octanol–water partition coefficient (Wildman–Crippen LogP) is 3.93. The summed E-state index contributed by atoms with van der Waals surface area (Å²) in [6, 6.07) is 13.9. The molecule has 4 rings (SSSR count). The van der Waals surface area contributed by atoms with Crippen LogP contribution in [0, 0.1) is 0 Å². The highest BCUT2D eigenvalue weighted by Crippen LogP contribution is 2.32. The Kier molecular flexibility index (Phi) is 5.69. The van der Waals surface area contributed by atoms with Gasteiger partial charge in [0.15, 0.2) is 11.5 Å². The molecule has 29 heavy (non-hydrogen) atoms. The number of hydrogen-bond donors (Lipinski definition) is 1. The molecule has 1 aliphatic rings. The van der Waals surface area contributed by atoms with E-state index in [1.165, 1.54) is 0 Å². The van der Waals surface area contributed by atoms with E-state index in [1.807, 2.05) is 50.4 Å². The molecular weight excluding hydrogens is 366 g/mol. The molecule has 6 nitrogen and oxygen atoms in total. The van der Waals surface area contributed by atoms with Gasteiger partial charge in [-0.15, -0.1) is 0 Å². The van der Waals surface area contributed by atoms with Crippen LogP contribution < -0.4 is 14.8 Å². The fraction of sp³-hybridized carbons (Fsp3) is 0.391. The summed E-state index contributed by atoms with van der Waals surface area (Å²) in [4.78, 5) is 17.1. The average Bonchev–Trinajstić information content (AvgIpc) is 2.89. The van der Waals surface area contributed by atoms with Gasteiger partial charge in [0.1, 0.15) is 5.82 Å². The number of aryl methyl sites for hydroxylation is 2. The number of fused-ring (bicyclic) bond motifs is 2. The van der Waals surface area contributed by atoms with Crippen LogP contribution in [0.1, 0.15) is 43.6 Å². The zero-order valence-corrected chi connectivity index (χ0v) is 17.0. The zero-order chi connectivity index (χ0) is 20.2. The highest BCUT2D eigenvalue weighted by atomic mass is 16.5. The second-order valence-corrected chi connectivity index (χ2v) is 7.48. The van der Waals surface area contributed by atoms with E-state index in [0.717, 1.165) is 53.2 Å². The molecule has 0 fully saturated rings. The van der Waals surface area contributed by atoms with Gasteiger partial charge in [0, 0.05) is 26.3 Å². The van der Waals surface area contributed by atoms with Crippen LogP contribution in [0.5, 0.6) is 11.5 Å². The number of amides is 1. The molecule has 1 aliphatic heterocycles. The first-order valence-electron chi connectivity index (χ1n) is 10.2. The number of aromatic nitrogens is 2. The number of para-hydroxylation sites is 2. The minimum atomic E-state index is -0.0876. The monoisotopic (exact) mass is 393 g/mol. The lowest BCUT2D eigenvalue weighted by atomic mass is 10.1. The van der Waals surface area contributed by atoms with E-state index < -0.39 is 0 Å². The van der Waals surface area contributed by atoms with Gasteiger partial charge < -0.3 is 19.4 Å². The fourth-order valence-corrected chi connectivity index (χ4v) is 3.67. The maximum absolute atomic E-state index is 12.4. The van der Waals surface area contributed by atoms with E-state index in [9.17, 15) is 4.79 Å². The van der Waals surface area contributed by atoms with Crippen LogP contribution in [0.25, 0.3) is 11.0 Å². The van der Waals surface area contributed by atoms with E-state index in [4.69, 9.17) is 9.47 Å². The maximum atomic E-state index is 12.4. The molecule has 1 N–H and O–H groups in total. The second kappa shape index (κ2) is 8.55. The van der Waals surface area contributed by atoms with Crippen molar-refractivity contribution in [3.8, 4) is 11.5 Å². The number of rotatable bonds is 6. The number of carbonyl (C=O) groups excluding carboxylic acids is 1. The topological polar surface area (TPSA) is 65.4 Å². The Morgan fingerprint density at radius 3 is 2.79 bits per heavy atom. The fourth-order valence-electron chi connectivity index (χ4n) is 3.67. The maximum Gasteiger partial charge on any atom is 0.220 e. The number of benzene rings is 2. The molecule has 0 aliphatic carbocycles. The second-order valence-electron chi connectivity index (χ2n) is 7.48. The van der Waals surface area contributed by atoms with Crippen molar-refractivity contribution in [2.75, 3.05) is 13.2 Å². The summed E-state index contributed by atoms with van der Waals surface area (Å²) < 4.78 is 13.5. The number of nitrogens with one attached hydrogen (secondary N) is 1. The zero-order valence-electron chi connectivity index (χ0n) is 17.0.